The first-order valence-electron chi connectivity index (χ1n) is 6.48. The lowest BCUT2D eigenvalue weighted by Crippen LogP contribution is -2.02. The van der Waals surface area contributed by atoms with Gasteiger partial charge in [0.2, 0.25) is 5.88 Å². The van der Waals surface area contributed by atoms with Crippen LogP contribution in [0.15, 0.2) is 36.4 Å². The van der Waals surface area contributed by atoms with Gasteiger partial charge in [0.1, 0.15) is 11.8 Å². The average Bonchev–Trinajstić information content (AvgIpc) is 2.49. The second kappa shape index (κ2) is 7.22. The van der Waals surface area contributed by atoms with E-state index >= 15 is 0 Å². The van der Waals surface area contributed by atoms with Gasteiger partial charge in [-0.15, -0.1) is 0 Å². The Morgan fingerprint density at radius 2 is 1.95 bits per heavy atom. The van der Waals surface area contributed by atoms with Gasteiger partial charge in [-0.25, -0.2) is 0 Å². The van der Waals surface area contributed by atoms with Crippen LogP contribution in [0, 0.1) is 11.3 Å². The molecule has 0 atom stereocenters. The van der Waals surface area contributed by atoms with E-state index in [-0.39, 0.29) is 5.75 Å². The van der Waals surface area contributed by atoms with Gasteiger partial charge in [-0.3, -0.25) is 0 Å². The van der Waals surface area contributed by atoms with Crippen LogP contribution in [0.3, 0.4) is 0 Å². The summed E-state index contributed by atoms with van der Waals surface area (Å²) in [5, 5.41) is 12.0. The fourth-order valence-electron chi connectivity index (χ4n) is 1.71. The topological polar surface area (TPSA) is 67.2 Å². The number of hydrogen-bond acceptors (Lipinski definition) is 5. The Balaban J connectivity index is 2.18. The molecule has 0 unspecified atom stereocenters. The molecule has 114 valence electrons. The fraction of sp³-hybridized carbons (Fsp3) is 0.200. The molecule has 1 heterocycles. The molecule has 0 aliphatic rings. The van der Waals surface area contributed by atoms with Crippen molar-refractivity contribution < 1.29 is 18.3 Å². The lowest BCUT2D eigenvalue weighted by molar-refractivity contribution is -0.0498. The Bertz CT molecular complexity index is 669. The van der Waals surface area contributed by atoms with Crippen LogP contribution in [0.2, 0.25) is 0 Å². The molecule has 2 rings (SSSR count). The van der Waals surface area contributed by atoms with Crippen LogP contribution in [-0.2, 0) is 0 Å². The van der Waals surface area contributed by atoms with Crippen molar-refractivity contribution in [1.29, 1.82) is 5.26 Å². The molecule has 0 aliphatic carbocycles. The van der Waals surface area contributed by atoms with Crippen LogP contribution >= 0.6 is 0 Å². The van der Waals surface area contributed by atoms with E-state index in [1.54, 1.807) is 24.3 Å². The predicted molar refractivity (Wildman–Crippen MR) is 76.5 cm³/mol. The summed E-state index contributed by atoms with van der Waals surface area (Å²) >= 11 is 0. The maximum absolute atomic E-state index is 12.1. The number of ether oxygens (including phenoxy) is 2. The number of nitrogens with one attached hydrogen (secondary N) is 1. The van der Waals surface area contributed by atoms with Crippen molar-refractivity contribution in [2.45, 2.75) is 13.5 Å². The van der Waals surface area contributed by atoms with Crippen molar-refractivity contribution in [3.8, 4) is 17.7 Å². The van der Waals surface area contributed by atoms with Gasteiger partial charge in [0.05, 0.1) is 12.2 Å². The van der Waals surface area contributed by atoms with Crippen LogP contribution in [0.25, 0.3) is 0 Å². The van der Waals surface area contributed by atoms with Crippen molar-refractivity contribution in [3.05, 3.63) is 42.0 Å². The molecule has 2 aromatic rings. The molecule has 1 N–H and O–H groups in total. The summed E-state index contributed by atoms with van der Waals surface area (Å²) in [7, 11) is 0. The Hall–Kier alpha value is -2.88. The molecule has 0 saturated heterocycles. The predicted octanol–water partition coefficient (Wildman–Crippen LogP) is 3.70. The van der Waals surface area contributed by atoms with E-state index in [0.717, 1.165) is 0 Å². The summed E-state index contributed by atoms with van der Waals surface area (Å²) in [5.41, 5.74) is 0.927. The average molecular weight is 305 g/mol. The van der Waals surface area contributed by atoms with Crippen molar-refractivity contribution in [2.75, 3.05) is 11.9 Å². The zero-order valence-electron chi connectivity index (χ0n) is 11.7. The second-order valence-corrected chi connectivity index (χ2v) is 4.12. The van der Waals surface area contributed by atoms with Gasteiger partial charge < -0.3 is 14.8 Å². The van der Waals surface area contributed by atoms with E-state index < -0.39 is 6.61 Å². The number of alkyl halides is 2. The molecule has 22 heavy (non-hydrogen) atoms. The summed E-state index contributed by atoms with van der Waals surface area (Å²) in [6, 6.07) is 11.1. The highest BCUT2D eigenvalue weighted by molar-refractivity contribution is 5.63. The van der Waals surface area contributed by atoms with Gasteiger partial charge >= 0.3 is 6.61 Å². The molecule has 7 heteroatoms. The first-order valence-corrected chi connectivity index (χ1v) is 6.48. The summed E-state index contributed by atoms with van der Waals surface area (Å²) in [6.45, 7) is -0.583. The third-order valence-electron chi connectivity index (χ3n) is 2.62. The molecule has 0 bridgehead atoms. The van der Waals surface area contributed by atoms with Crippen molar-refractivity contribution in [3.63, 3.8) is 0 Å². The normalized spacial score (nSPS) is 10.1. The maximum Gasteiger partial charge on any atom is 0.387 e. The van der Waals surface area contributed by atoms with Gasteiger partial charge in [-0.05, 0) is 37.3 Å². The van der Waals surface area contributed by atoms with Crippen LogP contribution in [0.4, 0.5) is 20.3 Å². The largest absolute Gasteiger partial charge is 0.478 e. The van der Waals surface area contributed by atoms with E-state index in [1.807, 2.05) is 13.0 Å². The van der Waals surface area contributed by atoms with Gasteiger partial charge in [0.15, 0.2) is 5.82 Å². The molecule has 0 saturated carbocycles. The second-order valence-electron chi connectivity index (χ2n) is 4.12. The minimum absolute atomic E-state index is 0.0529. The minimum Gasteiger partial charge on any atom is -0.478 e. The number of pyridine rings is 1. The lowest BCUT2D eigenvalue weighted by atomic mass is 10.2. The molecule has 1 aromatic carbocycles. The van der Waals surface area contributed by atoms with E-state index in [1.165, 1.54) is 12.1 Å². The highest BCUT2D eigenvalue weighted by atomic mass is 19.3. The third kappa shape index (κ3) is 4.06. The minimum atomic E-state index is -2.87. The van der Waals surface area contributed by atoms with Crippen molar-refractivity contribution in [1.82, 2.24) is 4.98 Å². The summed E-state index contributed by atoms with van der Waals surface area (Å²) in [6.07, 6.45) is 0. The lowest BCUT2D eigenvalue weighted by Gasteiger charge is -2.10. The Morgan fingerprint density at radius 3 is 2.55 bits per heavy atom. The van der Waals surface area contributed by atoms with Crippen molar-refractivity contribution >= 4 is 11.5 Å². The zero-order chi connectivity index (χ0) is 15.9. The quantitative estimate of drug-likeness (QED) is 0.881. The Kier molecular flexibility index (Phi) is 5.09. The molecule has 0 fully saturated rings. The summed E-state index contributed by atoms with van der Waals surface area (Å²) < 4.78 is 33.7. The van der Waals surface area contributed by atoms with E-state index in [0.29, 0.717) is 29.6 Å². The van der Waals surface area contributed by atoms with Crippen LogP contribution in [0.1, 0.15) is 12.5 Å². The third-order valence-corrected chi connectivity index (χ3v) is 2.62. The standard InChI is InChI=1S/C15H13F2N3O2/c1-2-21-13-8-3-10(9-18)14(20-13)19-11-4-6-12(7-5-11)22-15(16)17/h3-8,15H,2H2,1H3,(H,19,20). The van der Waals surface area contributed by atoms with Gasteiger partial charge in [-0.2, -0.15) is 19.0 Å². The molecule has 0 amide bonds. The SMILES string of the molecule is CCOc1ccc(C#N)c(Nc2ccc(OC(F)F)cc2)n1. The monoisotopic (exact) mass is 305 g/mol. The summed E-state index contributed by atoms with van der Waals surface area (Å²) in [4.78, 5) is 4.19. The first-order chi connectivity index (χ1) is 10.6. The molecule has 0 aliphatic heterocycles. The molecule has 5 nitrogen and oxygen atoms in total. The molecule has 0 radical (unpaired) electrons. The van der Waals surface area contributed by atoms with E-state index in [4.69, 9.17) is 10.00 Å². The summed E-state index contributed by atoms with van der Waals surface area (Å²) in [5.74, 6) is 0.773. The van der Waals surface area contributed by atoms with Gasteiger partial charge in [0, 0.05) is 11.8 Å². The van der Waals surface area contributed by atoms with E-state index in [2.05, 4.69) is 15.0 Å². The zero-order valence-corrected chi connectivity index (χ0v) is 11.7. The fourth-order valence-corrected chi connectivity index (χ4v) is 1.71. The van der Waals surface area contributed by atoms with Crippen LogP contribution in [-0.4, -0.2) is 18.2 Å². The van der Waals surface area contributed by atoms with Gasteiger partial charge in [-0.1, -0.05) is 0 Å². The number of nitriles is 1. The first kappa shape index (κ1) is 15.5. The number of anilines is 2. The molecule has 0 spiro atoms. The van der Waals surface area contributed by atoms with E-state index in [9.17, 15) is 8.78 Å². The van der Waals surface area contributed by atoms with Crippen molar-refractivity contribution in [2.24, 2.45) is 0 Å². The number of halogens is 2. The number of aromatic nitrogens is 1. The highest BCUT2D eigenvalue weighted by Crippen LogP contribution is 2.24. The Labute approximate surface area is 126 Å². The van der Waals surface area contributed by atoms with Crippen LogP contribution < -0.4 is 14.8 Å². The molecular formula is C15H13F2N3O2. The molecular weight excluding hydrogens is 292 g/mol. The number of hydrogen-bond donors (Lipinski definition) is 1. The Morgan fingerprint density at radius 1 is 1.23 bits per heavy atom. The number of benzene rings is 1. The number of nitrogens with zero attached hydrogens (tertiary/aromatic N) is 2. The maximum atomic E-state index is 12.1. The highest BCUT2D eigenvalue weighted by Gasteiger charge is 2.08. The smallest absolute Gasteiger partial charge is 0.387 e. The van der Waals surface area contributed by atoms with Gasteiger partial charge in [0.25, 0.3) is 0 Å². The number of rotatable bonds is 6. The molecule has 1 aromatic heterocycles. The van der Waals surface area contributed by atoms with Crippen LogP contribution in [0.5, 0.6) is 11.6 Å².